The Balaban J connectivity index is 2.57. The van der Waals surface area contributed by atoms with Gasteiger partial charge < -0.3 is 5.32 Å². The first kappa shape index (κ1) is 14.2. The molecule has 0 saturated heterocycles. The number of nitrogens with one attached hydrogen (secondary N) is 1. The molecule has 17 heavy (non-hydrogen) atoms. The zero-order valence-corrected chi connectivity index (χ0v) is 11.5. The Bertz CT molecular complexity index is 310. The van der Waals surface area contributed by atoms with Crippen LogP contribution in [0.4, 0.5) is 0 Å². The van der Waals surface area contributed by atoms with E-state index in [4.69, 9.17) is 0 Å². The summed E-state index contributed by atoms with van der Waals surface area (Å²) in [5.74, 6) is 0. The van der Waals surface area contributed by atoms with Crippen molar-refractivity contribution in [2.45, 2.75) is 40.3 Å². The number of benzene rings is 1. The first-order valence-electron chi connectivity index (χ1n) is 6.81. The second kappa shape index (κ2) is 8.26. The van der Waals surface area contributed by atoms with Gasteiger partial charge in [-0.1, -0.05) is 45.0 Å². The number of nitrogens with zero attached hydrogens (tertiary/aromatic N) is 1. The van der Waals surface area contributed by atoms with Crippen molar-refractivity contribution < 1.29 is 0 Å². The normalized spacial score (nSPS) is 11.1. The molecule has 2 heteroatoms. The smallest absolute Gasteiger partial charge is 0.0233 e. The van der Waals surface area contributed by atoms with Crippen molar-refractivity contribution in [1.29, 1.82) is 0 Å². The average Bonchev–Trinajstić information content (AvgIpc) is 2.36. The SMILES string of the molecule is CCCN(CC)Cc1cccc(CNCC)c1. The van der Waals surface area contributed by atoms with E-state index in [0.29, 0.717) is 0 Å². The summed E-state index contributed by atoms with van der Waals surface area (Å²) in [6.07, 6.45) is 1.23. The van der Waals surface area contributed by atoms with Gasteiger partial charge >= 0.3 is 0 Å². The second-order valence-electron chi connectivity index (χ2n) is 4.47. The molecule has 96 valence electrons. The number of rotatable bonds is 8. The van der Waals surface area contributed by atoms with Crippen LogP contribution in [-0.2, 0) is 13.1 Å². The van der Waals surface area contributed by atoms with Gasteiger partial charge in [0.1, 0.15) is 0 Å². The Labute approximate surface area is 106 Å². The molecule has 0 aliphatic carbocycles. The van der Waals surface area contributed by atoms with E-state index in [1.807, 2.05) is 0 Å². The van der Waals surface area contributed by atoms with Crippen molar-refractivity contribution in [2.24, 2.45) is 0 Å². The monoisotopic (exact) mass is 234 g/mol. The molecule has 1 aromatic rings. The molecule has 0 atom stereocenters. The Hall–Kier alpha value is -0.860. The lowest BCUT2D eigenvalue weighted by Crippen LogP contribution is -2.23. The fourth-order valence-electron chi connectivity index (χ4n) is 2.03. The quantitative estimate of drug-likeness (QED) is 0.744. The van der Waals surface area contributed by atoms with Crippen molar-refractivity contribution in [3.8, 4) is 0 Å². The van der Waals surface area contributed by atoms with E-state index in [1.54, 1.807) is 0 Å². The van der Waals surface area contributed by atoms with Gasteiger partial charge in [-0.15, -0.1) is 0 Å². The molecule has 0 heterocycles. The average molecular weight is 234 g/mol. The van der Waals surface area contributed by atoms with Crippen LogP contribution in [0.5, 0.6) is 0 Å². The van der Waals surface area contributed by atoms with Gasteiger partial charge in [-0.05, 0) is 37.2 Å². The zero-order chi connectivity index (χ0) is 12.5. The summed E-state index contributed by atoms with van der Waals surface area (Å²) in [4.78, 5) is 2.49. The molecule has 1 rings (SSSR count). The van der Waals surface area contributed by atoms with E-state index in [2.05, 4.69) is 55.3 Å². The van der Waals surface area contributed by atoms with Crippen LogP contribution in [0.25, 0.3) is 0 Å². The molecule has 0 radical (unpaired) electrons. The first-order chi connectivity index (χ1) is 8.30. The minimum Gasteiger partial charge on any atom is -0.313 e. The van der Waals surface area contributed by atoms with E-state index in [1.165, 1.54) is 24.1 Å². The maximum absolute atomic E-state index is 3.37. The van der Waals surface area contributed by atoms with Gasteiger partial charge in [-0.2, -0.15) is 0 Å². The van der Waals surface area contributed by atoms with Gasteiger partial charge in [0.2, 0.25) is 0 Å². The summed E-state index contributed by atoms with van der Waals surface area (Å²) in [6, 6.07) is 8.92. The Morgan fingerprint density at radius 1 is 1.12 bits per heavy atom. The van der Waals surface area contributed by atoms with Gasteiger partial charge in [0.15, 0.2) is 0 Å². The van der Waals surface area contributed by atoms with Crippen molar-refractivity contribution in [2.75, 3.05) is 19.6 Å². The fourth-order valence-corrected chi connectivity index (χ4v) is 2.03. The van der Waals surface area contributed by atoms with E-state index in [0.717, 1.165) is 26.2 Å². The summed E-state index contributed by atoms with van der Waals surface area (Å²) in [6.45, 7) is 12.0. The zero-order valence-electron chi connectivity index (χ0n) is 11.5. The number of hydrogen-bond acceptors (Lipinski definition) is 2. The standard InChI is InChI=1S/C15H26N2/c1-4-10-17(6-3)13-15-9-7-8-14(11-15)12-16-5-2/h7-9,11,16H,4-6,10,12-13H2,1-3H3. The van der Waals surface area contributed by atoms with Gasteiger partial charge in [-0.25, -0.2) is 0 Å². The van der Waals surface area contributed by atoms with Crippen LogP contribution in [0.2, 0.25) is 0 Å². The lowest BCUT2D eigenvalue weighted by Gasteiger charge is -2.19. The molecule has 0 spiro atoms. The summed E-state index contributed by atoms with van der Waals surface area (Å²) in [5.41, 5.74) is 2.81. The van der Waals surface area contributed by atoms with Crippen molar-refractivity contribution in [3.63, 3.8) is 0 Å². The lowest BCUT2D eigenvalue weighted by atomic mass is 10.1. The Kier molecular flexibility index (Phi) is 6.90. The van der Waals surface area contributed by atoms with Crippen LogP contribution in [0.15, 0.2) is 24.3 Å². The molecule has 0 aliphatic heterocycles. The molecule has 1 N–H and O–H groups in total. The topological polar surface area (TPSA) is 15.3 Å². The minimum absolute atomic E-state index is 0.976. The first-order valence-corrected chi connectivity index (χ1v) is 6.81. The third kappa shape index (κ3) is 5.33. The summed E-state index contributed by atoms with van der Waals surface area (Å²) < 4.78 is 0. The molecule has 0 saturated carbocycles. The maximum Gasteiger partial charge on any atom is 0.0233 e. The van der Waals surface area contributed by atoms with Crippen LogP contribution in [0, 0.1) is 0 Å². The Morgan fingerprint density at radius 3 is 2.53 bits per heavy atom. The van der Waals surface area contributed by atoms with Gasteiger partial charge in [0, 0.05) is 13.1 Å². The van der Waals surface area contributed by atoms with E-state index in [-0.39, 0.29) is 0 Å². The molecule has 0 aliphatic rings. The summed E-state index contributed by atoms with van der Waals surface area (Å²) in [5, 5.41) is 3.37. The third-order valence-corrected chi connectivity index (χ3v) is 2.96. The maximum atomic E-state index is 3.37. The molecule has 2 nitrogen and oxygen atoms in total. The van der Waals surface area contributed by atoms with Crippen molar-refractivity contribution in [3.05, 3.63) is 35.4 Å². The minimum atomic E-state index is 0.976. The van der Waals surface area contributed by atoms with Crippen molar-refractivity contribution >= 4 is 0 Å². The molecule has 0 unspecified atom stereocenters. The predicted molar refractivity (Wildman–Crippen MR) is 75.1 cm³/mol. The van der Waals surface area contributed by atoms with Gasteiger partial charge in [0.25, 0.3) is 0 Å². The van der Waals surface area contributed by atoms with Crippen LogP contribution in [-0.4, -0.2) is 24.5 Å². The van der Waals surface area contributed by atoms with Crippen LogP contribution in [0.1, 0.15) is 38.3 Å². The molecular formula is C15H26N2. The third-order valence-electron chi connectivity index (χ3n) is 2.96. The molecule has 1 aromatic carbocycles. The highest BCUT2D eigenvalue weighted by atomic mass is 15.1. The van der Waals surface area contributed by atoms with E-state index in [9.17, 15) is 0 Å². The highest BCUT2D eigenvalue weighted by Crippen LogP contribution is 2.08. The molecule has 0 bridgehead atoms. The highest BCUT2D eigenvalue weighted by Gasteiger charge is 2.02. The number of hydrogen-bond donors (Lipinski definition) is 1. The van der Waals surface area contributed by atoms with Crippen molar-refractivity contribution in [1.82, 2.24) is 10.2 Å². The summed E-state index contributed by atoms with van der Waals surface area (Å²) >= 11 is 0. The second-order valence-corrected chi connectivity index (χ2v) is 4.47. The largest absolute Gasteiger partial charge is 0.313 e. The lowest BCUT2D eigenvalue weighted by molar-refractivity contribution is 0.280. The molecular weight excluding hydrogens is 208 g/mol. The Morgan fingerprint density at radius 2 is 1.88 bits per heavy atom. The fraction of sp³-hybridized carbons (Fsp3) is 0.600. The molecule has 0 amide bonds. The highest BCUT2D eigenvalue weighted by molar-refractivity contribution is 5.23. The van der Waals surface area contributed by atoms with Gasteiger partial charge in [0.05, 0.1) is 0 Å². The summed E-state index contributed by atoms with van der Waals surface area (Å²) in [7, 11) is 0. The van der Waals surface area contributed by atoms with Gasteiger partial charge in [-0.3, -0.25) is 4.90 Å². The van der Waals surface area contributed by atoms with E-state index < -0.39 is 0 Å². The van der Waals surface area contributed by atoms with Crippen LogP contribution < -0.4 is 5.32 Å². The molecule has 0 aromatic heterocycles. The van der Waals surface area contributed by atoms with E-state index >= 15 is 0 Å². The van der Waals surface area contributed by atoms with Crippen LogP contribution >= 0.6 is 0 Å². The predicted octanol–water partition coefficient (Wildman–Crippen LogP) is 3.03. The van der Waals surface area contributed by atoms with Crippen LogP contribution in [0.3, 0.4) is 0 Å². The molecule has 0 fully saturated rings.